The molecular weight excluding hydrogens is 222 g/mol. The fourth-order valence-corrected chi connectivity index (χ4v) is 2.94. The van der Waals surface area contributed by atoms with Crippen LogP contribution in [0.5, 0.6) is 0 Å². The second kappa shape index (κ2) is 5.85. The predicted molar refractivity (Wildman–Crippen MR) is 75.5 cm³/mol. The van der Waals surface area contributed by atoms with Gasteiger partial charge in [0, 0.05) is 19.1 Å². The summed E-state index contributed by atoms with van der Waals surface area (Å²) in [6, 6.07) is 11.1. The molecule has 0 amide bonds. The average Bonchev–Trinajstić information content (AvgIpc) is 2.59. The van der Waals surface area contributed by atoms with E-state index in [9.17, 15) is 0 Å². The third-order valence-electron chi connectivity index (χ3n) is 3.74. The van der Waals surface area contributed by atoms with Crippen LogP contribution in [0.25, 0.3) is 0 Å². The first-order chi connectivity index (χ1) is 8.57. The van der Waals surface area contributed by atoms with Gasteiger partial charge < -0.3 is 4.74 Å². The SMILES string of the molecule is CC1CC(C)(C)CN1CCOCc1ccccc1. The summed E-state index contributed by atoms with van der Waals surface area (Å²) < 4.78 is 5.76. The molecule has 0 N–H and O–H groups in total. The van der Waals surface area contributed by atoms with Gasteiger partial charge >= 0.3 is 0 Å². The summed E-state index contributed by atoms with van der Waals surface area (Å²) in [4.78, 5) is 2.55. The van der Waals surface area contributed by atoms with Crippen LogP contribution < -0.4 is 0 Å². The molecule has 1 unspecified atom stereocenters. The van der Waals surface area contributed by atoms with Gasteiger partial charge in [-0.1, -0.05) is 44.2 Å². The van der Waals surface area contributed by atoms with Gasteiger partial charge in [0.2, 0.25) is 0 Å². The van der Waals surface area contributed by atoms with Gasteiger partial charge in [0.25, 0.3) is 0 Å². The summed E-state index contributed by atoms with van der Waals surface area (Å²) in [7, 11) is 0. The van der Waals surface area contributed by atoms with E-state index in [0.29, 0.717) is 11.5 Å². The molecule has 2 rings (SSSR count). The number of nitrogens with zero attached hydrogens (tertiary/aromatic N) is 1. The first kappa shape index (κ1) is 13.6. The number of hydrogen-bond acceptors (Lipinski definition) is 2. The third kappa shape index (κ3) is 3.82. The molecule has 0 spiro atoms. The Morgan fingerprint density at radius 1 is 1.28 bits per heavy atom. The normalized spacial score (nSPS) is 23.4. The third-order valence-corrected chi connectivity index (χ3v) is 3.74. The lowest BCUT2D eigenvalue weighted by Crippen LogP contribution is -2.31. The maximum atomic E-state index is 5.76. The fraction of sp³-hybridized carbons (Fsp3) is 0.625. The maximum Gasteiger partial charge on any atom is 0.0717 e. The Bertz CT molecular complexity index is 361. The molecule has 0 aromatic heterocycles. The van der Waals surface area contributed by atoms with Crippen LogP contribution in [0.1, 0.15) is 32.8 Å². The Hall–Kier alpha value is -0.860. The minimum atomic E-state index is 0.471. The van der Waals surface area contributed by atoms with E-state index in [1.807, 2.05) is 6.07 Å². The smallest absolute Gasteiger partial charge is 0.0717 e. The summed E-state index contributed by atoms with van der Waals surface area (Å²) >= 11 is 0. The van der Waals surface area contributed by atoms with Crippen LogP contribution in [-0.2, 0) is 11.3 Å². The lowest BCUT2D eigenvalue weighted by molar-refractivity contribution is 0.0888. The largest absolute Gasteiger partial charge is 0.375 e. The van der Waals surface area contributed by atoms with Crippen molar-refractivity contribution in [2.24, 2.45) is 5.41 Å². The van der Waals surface area contributed by atoms with Crippen LogP contribution in [0.3, 0.4) is 0 Å². The minimum Gasteiger partial charge on any atom is -0.375 e. The zero-order valence-electron chi connectivity index (χ0n) is 11.9. The molecule has 1 aromatic rings. The van der Waals surface area contributed by atoms with E-state index < -0.39 is 0 Å². The van der Waals surface area contributed by atoms with E-state index in [2.05, 4.69) is 49.9 Å². The lowest BCUT2D eigenvalue weighted by atomic mass is 9.91. The van der Waals surface area contributed by atoms with Crippen molar-refractivity contribution < 1.29 is 4.74 Å². The molecule has 0 aliphatic carbocycles. The van der Waals surface area contributed by atoms with Crippen molar-refractivity contribution in [3.63, 3.8) is 0 Å². The van der Waals surface area contributed by atoms with E-state index in [0.717, 1.165) is 19.8 Å². The van der Waals surface area contributed by atoms with Gasteiger partial charge in [0.15, 0.2) is 0 Å². The number of ether oxygens (including phenoxy) is 1. The highest BCUT2D eigenvalue weighted by Crippen LogP contribution is 2.33. The minimum absolute atomic E-state index is 0.471. The van der Waals surface area contributed by atoms with Crippen LogP contribution in [0, 0.1) is 5.41 Å². The van der Waals surface area contributed by atoms with Crippen molar-refractivity contribution in [3.8, 4) is 0 Å². The Morgan fingerprint density at radius 2 is 2.00 bits per heavy atom. The number of likely N-dealkylation sites (tertiary alicyclic amines) is 1. The van der Waals surface area contributed by atoms with Crippen molar-refractivity contribution in [2.75, 3.05) is 19.7 Å². The second-order valence-electron chi connectivity index (χ2n) is 6.23. The van der Waals surface area contributed by atoms with Crippen molar-refractivity contribution in [2.45, 2.75) is 39.8 Å². The van der Waals surface area contributed by atoms with E-state index in [-0.39, 0.29) is 0 Å². The molecule has 1 saturated heterocycles. The molecule has 1 atom stereocenters. The van der Waals surface area contributed by atoms with Gasteiger partial charge in [0.05, 0.1) is 13.2 Å². The van der Waals surface area contributed by atoms with Gasteiger partial charge in [0.1, 0.15) is 0 Å². The Kier molecular flexibility index (Phi) is 4.41. The molecule has 100 valence electrons. The van der Waals surface area contributed by atoms with Gasteiger partial charge in [-0.3, -0.25) is 4.90 Å². The van der Waals surface area contributed by atoms with Gasteiger partial charge in [-0.15, -0.1) is 0 Å². The molecule has 0 bridgehead atoms. The van der Waals surface area contributed by atoms with Gasteiger partial charge in [-0.2, -0.15) is 0 Å². The summed E-state index contributed by atoms with van der Waals surface area (Å²) in [6.45, 7) is 10.8. The topological polar surface area (TPSA) is 12.5 Å². The van der Waals surface area contributed by atoms with Crippen LogP contribution in [-0.4, -0.2) is 30.6 Å². The molecule has 0 saturated carbocycles. The number of benzene rings is 1. The molecule has 2 nitrogen and oxygen atoms in total. The molecule has 2 heteroatoms. The fourth-order valence-electron chi connectivity index (χ4n) is 2.94. The standard InChI is InChI=1S/C16H25NO/c1-14-11-16(2,3)13-17(14)9-10-18-12-15-7-5-4-6-8-15/h4-8,14H,9-13H2,1-3H3. The highest BCUT2D eigenvalue weighted by atomic mass is 16.5. The van der Waals surface area contributed by atoms with Crippen molar-refractivity contribution >= 4 is 0 Å². The lowest BCUT2D eigenvalue weighted by Gasteiger charge is -2.21. The van der Waals surface area contributed by atoms with E-state index in [1.165, 1.54) is 18.5 Å². The maximum absolute atomic E-state index is 5.76. The Labute approximate surface area is 111 Å². The molecular formula is C16H25NO. The first-order valence-corrected chi connectivity index (χ1v) is 6.92. The van der Waals surface area contributed by atoms with Crippen molar-refractivity contribution in [1.82, 2.24) is 4.90 Å². The Balaban J connectivity index is 1.67. The summed E-state index contributed by atoms with van der Waals surface area (Å²) in [6.07, 6.45) is 1.30. The molecule has 1 fully saturated rings. The average molecular weight is 247 g/mol. The van der Waals surface area contributed by atoms with Crippen molar-refractivity contribution in [3.05, 3.63) is 35.9 Å². The van der Waals surface area contributed by atoms with Gasteiger partial charge in [-0.05, 0) is 24.3 Å². The first-order valence-electron chi connectivity index (χ1n) is 6.92. The molecule has 1 aliphatic heterocycles. The van der Waals surface area contributed by atoms with Crippen LogP contribution >= 0.6 is 0 Å². The van der Waals surface area contributed by atoms with Crippen LogP contribution in [0.4, 0.5) is 0 Å². The molecule has 1 aliphatic rings. The quantitative estimate of drug-likeness (QED) is 0.740. The number of rotatable bonds is 5. The zero-order valence-corrected chi connectivity index (χ0v) is 11.9. The van der Waals surface area contributed by atoms with E-state index >= 15 is 0 Å². The van der Waals surface area contributed by atoms with Crippen LogP contribution in [0.2, 0.25) is 0 Å². The van der Waals surface area contributed by atoms with Gasteiger partial charge in [-0.25, -0.2) is 0 Å². The predicted octanol–water partition coefficient (Wildman–Crippen LogP) is 3.32. The molecule has 1 aromatic carbocycles. The monoisotopic (exact) mass is 247 g/mol. The highest BCUT2D eigenvalue weighted by Gasteiger charge is 2.34. The summed E-state index contributed by atoms with van der Waals surface area (Å²) in [5.41, 5.74) is 1.73. The zero-order chi connectivity index (χ0) is 13.0. The summed E-state index contributed by atoms with van der Waals surface area (Å²) in [5, 5.41) is 0. The Morgan fingerprint density at radius 3 is 2.61 bits per heavy atom. The molecule has 1 heterocycles. The van der Waals surface area contributed by atoms with Crippen LogP contribution in [0.15, 0.2) is 30.3 Å². The van der Waals surface area contributed by atoms with Crippen molar-refractivity contribution in [1.29, 1.82) is 0 Å². The molecule has 0 radical (unpaired) electrons. The number of hydrogen-bond donors (Lipinski definition) is 0. The summed E-state index contributed by atoms with van der Waals surface area (Å²) in [5.74, 6) is 0. The second-order valence-corrected chi connectivity index (χ2v) is 6.23. The van der Waals surface area contributed by atoms with E-state index in [4.69, 9.17) is 4.74 Å². The van der Waals surface area contributed by atoms with E-state index in [1.54, 1.807) is 0 Å². The molecule has 18 heavy (non-hydrogen) atoms. The highest BCUT2D eigenvalue weighted by molar-refractivity contribution is 5.13.